The Morgan fingerprint density at radius 2 is 2.03 bits per heavy atom. The van der Waals surface area contributed by atoms with E-state index in [0.717, 1.165) is 0 Å². The minimum atomic E-state index is -0.717. The molecule has 3 N–H and O–H groups in total. The van der Waals surface area contributed by atoms with Crippen LogP contribution in [0, 0.1) is 16.7 Å². The average molecular weight is 471 g/mol. The van der Waals surface area contributed by atoms with Gasteiger partial charge >= 0.3 is 5.91 Å². The number of hydrogen-bond donors (Lipinski definition) is 2. The highest BCUT2D eigenvalue weighted by Gasteiger charge is 2.45. The van der Waals surface area contributed by atoms with Gasteiger partial charge in [-0.25, -0.2) is 5.01 Å². The molecule has 2 aliphatic rings. The molecule has 164 valence electrons. The number of ketones is 1. The Kier molecular flexibility index (Phi) is 5.53. The van der Waals surface area contributed by atoms with E-state index < -0.39 is 11.8 Å². The highest BCUT2D eigenvalue weighted by atomic mass is 35.5. The lowest BCUT2D eigenvalue weighted by atomic mass is 9.69. The van der Waals surface area contributed by atoms with Crippen molar-refractivity contribution in [2.24, 2.45) is 11.1 Å². The molecule has 1 amide bonds. The second kappa shape index (κ2) is 8.05. The molecule has 2 heterocycles. The number of carbonyl (C=O) groups excluding carboxylic acids is 2. The summed E-state index contributed by atoms with van der Waals surface area (Å²) in [5.41, 5.74) is 10.4. The Balaban J connectivity index is 1.89. The fourth-order valence-corrected chi connectivity index (χ4v) is 4.53. The van der Waals surface area contributed by atoms with Crippen LogP contribution in [0.4, 0.5) is 0 Å². The van der Waals surface area contributed by atoms with Crippen LogP contribution < -0.4 is 11.2 Å². The Bertz CT molecular complexity index is 1220. The molecule has 4 rings (SSSR count). The maximum absolute atomic E-state index is 13.4. The largest absolute Gasteiger partial charge is 0.459 e. The molecule has 1 aliphatic heterocycles. The summed E-state index contributed by atoms with van der Waals surface area (Å²) in [6.07, 6.45) is 2.13. The first-order chi connectivity index (χ1) is 15.1. The van der Waals surface area contributed by atoms with Gasteiger partial charge in [0.25, 0.3) is 0 Å². The van der Waals surface area contributed by atoms with Crippen LogP contribution in [-0.4, -0.2) is 16.7 Å². The molecule has 1 aliphatic carbocycles. The van der Waals surface area contributed by atoms with Gasteiger partial charge in [-0.1, -0.05) is 43.1 Å². The molecule has 0 saturated heterocycles. The van der Waals surface area contributed by atoms with E-state index in [9.17, 15) is 14.9 Å². The maximum Gasteiger partial charge on any atom is 0.305 e. The zero-order valence-electron chi connectivity index (χ0n) is 17.4. The van der Waals surface area contributed by atoms with Crippen molar-refractivity contribution in [1.82, 2.24) is 10.4 Å². The van der Waals surface area contributed by atoms with Crippen LogP contribution in [0.1, 0.15) is 48.7 Å². The fourth-order valence-electron chi connectivity index (χ4n) is 4.23. The molecule has 9 heteroatoms. The number of nitriles is 1. The van der Waals surface area contributed by atoms with Gasteiger partial charge in [0.2, 0.25) is 0 Å². The molecule has 1 atom stereocenters. The lowest BCUT2D eigenvalue weighted by Gasteiger charge is -2.43. The van der Waals surface area contributed by atoms with Crippen molar-refractivity contribution in [2.45, 2.75) is 32.6 Å². The van der Waals surface area contributed by atoms with Crippen molar-refractivity contribution >= 4 is 34.9 Å². The molecule has 0 spiro atoms. The third-order valence-electron chi connectivity index (χ3n) is 5.62. The Morgan fingerprint density at radius 3 is 2.66 bits per heavy atom. The summed E-state index contributed by atoms with van der Waals surface area (Å²) >= 11 is 12.3. The average Bonchev–Trinajstić information content (AvgIpc) is 3.26. The van der Waals surface area contributed by atoms with E-state index in [1.807, 2.05) is 13.8 Å². The predicted octanol–water partition coefficient (Wildman–Crippen LogP) is 4.67. The third kappa shape index (κ3) is 3.77. The number of allylic oxidation sites excluding steroid dienone is 3. The van der Waals surface area contributed by atoms with E-state index in [1.165, 1.54) is 17.3 Å². The van der Waals surface area contributed by atoms with Gasteiger partial charge in [0.15, 0.2) is 11.5 Å². The molecule has 0 radical (unpaired) electrons. The van der Waals surface area contributed by atoms with E-state index in [-0.39, 0.29) is 28.4 Å². The normalized spacial score (nSPS) is 20.2. The number of rotatable bonds is 3. The molecular formula is C23H20Cl2N4O3. The van der Waals surface area contributed by atoms with Gasteiger partial charge in [0.05, 0.1) is 39.6 Å². The second-order valence-electron chi connectivity index (χ2n) is 8.57. The highest BCUT2D eigenvalue weighted by Crippen LogP contribution is 2.49. The molecule has 32 heavy (non-hydrogen) atoms. The van der Waals surface area contributed by atoms with Crippen molar-refractivity contribution in [2.75, 3.05) is 0 Å². The first-order valence-electron chi connectivity index (χ1n) is 9.88. The van der Waals surface area contributed by atoms with Crippen LogP contribution in [0.15, 0.2) is 63.7 Å². The number of carbonyl (C=O) groups is 2. The number of Topliss-reactive ketones (excluding diaryl/α,β-unsaturated/α-hetero) is 1. The lowest BCUT2D eigenvalue weighted by molar-refractivity contribution is -0.118. The second-order valence-corrected chi connectivity index (χ2v) is 9.39. The number of nitrogens with one attached hydrogen (secondary N) is 1. The van der Waals surface area contributed by atoms with Crippen molar-refractivity contribution in [3.05, 3.63) is 80.6 Å². The van der Waals surface area contributed by atoms with Crippen molar-refractivity contribution < 1.29 is 14.0 Å². The first kappa shape index (κ1) is 22.0. The number of halogens is 2. The number of hydrazine groups is 1. The van der Waals surface area contributed by atoms with Gasteiger partial charge in [-0.05, 0) is 41.7 Å². The van der Waals surface area contributed by atoms with E-state index in [1.54, 1.807) is 24.3 Å². The van der Waals surface area contributed by atoms with Crippen LogP contribution in [0.2, 0.25) is 10.0 Å². The number of nitrogens with two attached hydrogens (primary N) is 1. The monoisotopic (exact) mass is 470 g/mol. The smallest absolute Gasteiger partial charge is 0.305 e. The molecule has 0 saturated carbocycles. The zero-order valence-corrected chi connectivity index (χ0v) is 18.9. The minimum Gasteiger partial charge on any atom is -0.459 e. The standard InChI is InChI=1S/C23H20Cl2N4O3/c1-23(2)9-16-20(17(30)10-23)19(12-5-6-14(24)15(25)8-12)13(11-26)21(27)29(16)28-22(31)18-4-3-7-32-18/h3-8,19H,9-10,27H2,1-2H3,(H,28,31). The molecular weight excluding hydrogens is 451 g/mol. The summed E-state index contributed by atoms with van der Waals surface area (Å²) in [6.45, 7) is 3.93. The quantitative estimate of drug-likeness (QED) is 0.673. The van der Waals surface area contributed by atoms with E-state index in [2.05, 4.69) is 11.5 Å². The van der Waals surface area contributed by atoms with Crippen LogP contribution in [0.25, 0.3) is 0 Å². The summed E-state index contributed by atoms with van der Waals surface area (Å²) in [5, 5.41) is 12.0. The highest BCUT2D eigenvalue weighted by molar-refractivity contribution is 6.42. The molecule has 1 unspecified atom stereocenters. The van der Waals surface area contributed by atoms with Gasteiger partial charge in [0, 0.05) is 12.0 Å². The van der Waals surface area contributed by atoms with Gasteiger partial charge in [-0.3, -0.25) is 15.0 Å². The fraction of sp³-hybridized carbons (Fsp3) is 0.261. The van der Waals surface area contributed by atoms with Crippen LogP contribution in [0.5, 0.6) is 0 Å². The van der Waals surface area contributed by atoms with Crippen molar-refractivity contribution in [3.63, 3.8) is 0 Å². The van der Waals surface area contributed by atoms with Crippen LogP contribution in [0.3, 0.4) is 0 Å². The van der Waals surface area contributed by atoms with Crippen LogP contribution in [-0.2, 0) is 4.79 Å². The van der Waals surface area contributed by atoms with Gasteiger partial charge < -0.3 is 10.2 Å². The van der Waals surface area contributed by atoms with E-state index in [4.69, 9.17) is 33.4 Å². The first-order valence-corrected chi connectivity index (χ1v) is 10.6. The molecule has 0 fully saturated rings. The minimum absolute atomic E-state index is 0.0349. The molecule has 1 aromatic heterocycles. The lowest BCUT2D eigenvalue weighted by Crippen LogP contribution is -2.49. The van der Waals surface area contributed by atoms with Gasteiger partial charge in [0.1, 0.15) is 5.82 Å². The Labute approximate surface area is 195 Å². The Hall–Kier alpha value is -3.21. The summed E-state index contributed by atoms with van der Waals surface area (Å²) < 4.78 is 5.17. The third-order valence-corrected chi connectivity index (χ3v) is 6.36. The summed E-state index contributed by atoms with van der Waals surface area (Å²) in [4.78, 5) is 26.1. The Morgan fingerprint density at radius 1 is 1.28 bits per heavy atom. The molecule has 1 aromatic carbocycles. The van der Waals surface area contributed by atoms with Crippen LogP contribution >= 0.6 is 23.2 Å². The maximum atomic E-state index is 13.4. The summed E-state index contributed by atoms with van der Waals surface area (Å²) in [7, 11) is 0. The van der Waals surface area contributed by atoms with Gasteiger partial charge in [-0.2, -0.15) is 5.26 Å². The molecule has 0 bridgehead atoms. The molecule has 7 nitrogen and oxygen atoms in total. The summed E-state index contributed by atoms with van der Waals surface area (Å²) in [6, 6.07) is 10.2. The number of hydrogen-bond acceptors (Lipinski definition) is 6. The number of furan rings is 1. The summed E-state index contributed by atoms with van der Waals surface area (Å²) in [5.74, 6) is -1.28. The van der Waals surface area contributed by atoms with Crippen molar-refractivity contribution in [1.29, 1.82) is 5.26 Å². The number of amides is 1. The van der Waals surface area contributed by atoms with E-state index >= 15 is 0 Å². The molecule has 2 aromatic rings. The van der Waals surface area contributed by atoms with Gasteiger partial charge in [-0.15, -0.1) is 0 Å². The van der Waals surface area contributed by atoms with Crippen molar-refractivity contribution in [3.8, 4) is 6.07 Å². The predicted molar refractivity (Wildman–Crippen MR) is 119 cm³/mol. The van der Waals surface area contributed by atoms with E-state index in [0.29, 0.717) is 39.7 Å². The topological polar surface area (TPSA) is 112 Å². The number of nitrogens with zero attached hydrogens (tertiary/aromatic N) is 2. The SMILES string of the molecule is CC1(C)CC(=O)C2=C(C1)N(NC(=O)c1ccco1)C(N)=C(C#N)C2c1ccc(Cl)c(Cl)c1. The zero-order chi connectivity index (χ0) is 23.2. The number of benzene rings is 1.